The third kappa shape index (κ3) is 4.03. The van der Waals surface area contributed by atoms with Crippen LogP contribution in [0.4, 0.5) is 0 Å². The molecule has 0 aliphatic carbocycles. The fourth-order valence-corrected chi connectivity index (χ4v) is 5.62. The van der Waals surface area contributed by atoms with Crippen molar-refractivity contribution in [3.63, 3.8) is 0 Å². The molecule has 2 aliphatic rings. The van der Waals surface area contributed by atoms with Crippen molar-refractivity contribution in [1.82, 2.24) is 5.32 Å². The summed E-state index contributed by atoms with van der Waals surface area (Å²) < 4.78 is 6.33. The maximum Gasteiger partial charge on any atom is 0.158 e. The summed E-state index contributed by atoms with van der Waals surface area (Å²) in [5.41, 5.74) is 1.03. The molecule has 0 saturated carbocycles. The molecule has 0 bridgehead atoms. The van der Waals surface area contributed by atoms with Gasteiger partial charge in [0.15, 0.2) is 5.17 Å². The van der Waals surface area contributed by atoms with Gasteiger partial charge in [-0.1, -0.05) is 59.2 Å². The molecule has 0 radical (unpaired) electrons. The number of thioether (sulfide) groups is 1. The number of benzene rings is 2. The number of phenols is 1. The Bertz CT molecular complexity index is 1020. The van der Waals surface area contributed by atoms with Gasteiger partial charge in [-0.2, -0.15) is 0 Å². The zero-order valence-corrected chi connectivity index (χ0v) is 19.2. The molecule has 4 nitrogen and oxygen atoms in total. The molecule has 0 aromatic heterocycles. The maximum atomic E-state index is 10.2. The summed E-state index contributed by atoms with van der Waals surface area (Å²) in [5.74, 6) is 1.33. The number of halogens is 2. The van der Waals surface area contributed by atoms with E-state index in [2.05, 4.69) is 25.7 Å². The minimum atomic E-state index is -0.562. The molecule has 30 heavy (non-hydrogen) atoms. The first kappa shape index (κ1) is 21.4. The van der Waals surface area contributed by atoms with Crippen molar-refractivity contribution in [3.8, 4) is 11.5 Å². The summed E-state index contributed by atoms with van der Waals surface area (Å²) in [6.45, 7) is 8.15. The summed E-state index contributed by atoms with van der Waals surface area (Å²) in [5, 5.41) is 15.6. The molecular weight excluding hydrogens is 439 g/mol. The second kappa shape index (κ2) is 8.03. The first-order valence-electron chi connectivity index (χ1n) is 9.79. The molecule has 158 valence electrons. The first-order chi connectivity index (χ1) is 14.2. The zero-order chi connectivity index (χ0) is 21.5. The summed E-state index contributed by atoms with van der Waals surface area (Å²) >= 11 is 14.4. The number of phenolic OH excluding ortho intramolecular Hbond substituents is 1. The lowest BCUT2D eigenvalue weighted by Crippen LogP contribution is -2.53. The largest absolute Gasteiger partial charge is 0.506 e. The molecule has 2 atom stereocenters. The van der Waals surface area contributed by atoms with E-state index in [4.69, 9.17) is 32.9 Å². The molecule has 0 amide bonds. The van der Waals surface area contributed by atoms with E-state index in [-0.39, 0.29) is 17.4 Å². The van der Waals surface area contributed by atoms with Crippen LogP contribution in [0.1, 0.15) is 43.9 Å². The third-order valence-corrected chi connectivity index (χ3v) is 6.94. The molecule has 4 rings (SSSR count). The fraction of sp³-hybridized carbons (Fsp3) is 0.348. The van der Waals surface area contributed by atoms with Crippen LogP contribution in [-0.4, -0.2) is 21.6 Å². The highest BCUT2D eigenvalue weighted by Crippen LogP contribution is 2.54. The number of nitrogens with one attached hydrogen (secondary N) is 1. The van der Waals surface area contributed by atoms with Crippen LogP contribution in [0.15, 0.2) is 54.0 Å². The summed E-state index contributed by atoms with van der Waals surface area (Å²) in [7, 11) is 0. The van der Waals surface area contributed by atoms with Crippen LogP contribution in [0.2, 0.25) is 10.0 Å². The van der Waals surface area contributed by atoms with E-state index >= 15 is 0 Å². The molecule has 0 saturated heterocycles. The molecule has 2 aromatic rings. The van der Waals surface area contributed by atoms with Gasteiger partial charge in [-0.05, 0) is 32.4 Å². The highest BCUT2D eigenvalue weighted by Gasteiger charge is 2.49. The number of hydrogen-bond acceptors (Lipinski definition) is 5. The Labute approximate surface area is 191 Å². The zero-order valence-electron chi connectivity index (χ0n) is 16.9. The summed E-state index contributed by atoms with van der Waals surface area (Å²) in [6.07, 6.45) is 2.93. The SMILES string of the molecule is C=CCSC1=NC2(CC(c3ccccc3Cl)Oc3cc(O)c(Cl)cc32)CC(C)(C)N1. The van der Waals surface area contributed by atoms with Crippen molar-refractivity contribution in [1.29, 1.82) is 0 Å². The Morgan fingerprint density at radius 1 is 1.30 bits per heavy atom. The van der Waals surface area contributed by atoms with Crippen molar-refractivity contribution < 1.29 is 9.84 Å². The highest BCUT2D eigenvalue weighted by atomic mass is 35.5. The van der Waals surface area contributed by atoms with Crippen molar-refractivity contribution in [2.75, 3.05) is 5.75 Å². The predicted octanol–water partition coefficient (Wildman–Crippen LogP) is 6.47. The number of rotatable bonds is 3. The van der Waals surface area contributed by atoms with Crippen LogP contribution in [0.25, 0.3) is 0 Å². The van der Waals surface area contributed by atoms with Gasteiger partial charge < -0.3 is 15.2 Å². The van der Waals surface area contributed by atoms with Crippen LogP contribution in [0, 0.1) is 0 Å². The molecule has 2 heterocycles. The van der Waals surface area contributed by atoms with E-state index in [1.165, 1.54) is 0 Å². The van der Waals surface area contributed by atoms with Gasteiger partial charge in [0.25, 0.3) is 0 Å². The third-order valence-electron chi connectivity index (χ3n) is 5.43. The Hall–Kier alpha value is -1.82. The summed E-state index contributed by atoms with van der Waals surface area (Å²) in [6, 6.07) is 11.1. The van der Waals surface area contributed by atoms with E-state index in [0.717, 1.165) is 28.5 Å². The van der Waals surface area contributed by atoms with Crippen LogP contribution in [0.3, 0.4) is 0 Å². The topological polar surface area (TPSA) is 53.9 Å². The monoisotopic (exact) mass is 462 g/mol. The van der Waals surface area contributed by atoms with Crippen LogP contribution in [0.5, 0.6) is 11.5 Å². The average Bonchev–Trinajstić information content (AvgIpc) is 2.67. The molecular formula is C23H24Cl2N2O2S. The van der Waals surface area contributed by atoms with Crippen LogP contribution >= 0.6 is 35.0 Å². The molecule has 2 unspecified atom stereocenters. The quantitative estimate of drug-likeness (QED) is 0.513. The maximum absolute atomic E-state index is 10.2. The fourth-order valence-electron chi connectivity index (χ4n) is 4.33. The van der Waals surface area contributed by atoms with Gasteiger partial charge >= 0.3 is 0 Å². The van der Waals surface area contributed by atoms with Gasteiger partial charge in [-0.3, -0.25) is 4.99 Å². The van der Waals surface area contributed by atoms with E-state index in [0.29, 0.717) is 22.2 Å². The number of aliphatic imine (C=N–C) groups is 1. The van der Waals surface area contributed by atoms with E-state index in [1.807, 2.05) is 30.3 Å². The Morgan fingerprint density at radius 2 is 2.07 bits per heavy atom. The Balaban J connectivity index is 1.89. The van der Waals surface area contributed by atoms with E-state index < -0.39 is 5.54 Å². The number of hydrogen-bond donors (Lipinski definition) is 2. The lowest BCUT2D eigenvalue weighted by Gasteiger charge is -2.47. The molecule has 2 aromatic carbocycles. The van der Waals surface area contributed by atoms with Crippen molar-refractivity contribution in [2.24, 2.45) is 4.99 Å². The van der Waals surface area contributed by atoms with E-state index in [9.17, 15) is 5.11 Å². The van der Waals surface area contributed by atoms with Gasteiger partial charge in [0.1, 0.15) is 17.6 Å². The second-order valence-corrected chi connectivity index (χ2v) is 10.2. The van der Waals surface area contributed by atoms with Crippen molar-refractivity contribution in [3.05, 3.63) is 70.2 Å². The lowest BCUT2D eigenvalue weighted by atomic mass is 9.72. The number of aromatic hydroxyl groups is 1. The normalized spacial score (nSPS) is 24.4. The van der Waals surface area contributed by atoms with Gasteiger partial charge in [0.05, 0.1) is 10.6 Å². The minimum absolute atomic E-state index is 0.0104. The summed E-state index contributed by atoms with van der Waals surface area (Å²) in [4.78, 5) is 5.18. The smallest absolute Gasteiger partial charge is 0.158 e. The Kier molecular flexibility index (Phi) is 5.73. The average molecular weight is 463 g/mol. The number of nitrogens with zero attached hydrogens (tertiary/aromatic N) is 1. The molecule has 2 aliphatic heterocycles. The van der Waals surface area contributed by atoms with Gasteiger partial charge in [0, 0.05) is 39.9 Å². The van der Waals surface area contributed by atoms with E-state index in [1.54, 1.807) is 23.9 Å². The number of ether oxygens (including phenoxy) is 1. The second-order valence-electron chi connectivity index (χ2n) is 8.37. The van der Waals surface area contributed by atoms with Gasteiger partial charge in [0.2, 0.25) is 0 Å². The highest BCUT2D eigenvalue weighted by molar-refractivity contribution is 8.13. The molecule has 7 heteroatoms. The molecule has 0 fully saturated rings. The minimum Gasteiger partial charge on any atom is -0.506 e. The Morgan fingerprint density at radius 3 is 2.80 bits per heavy atom. The molecule has 2 N–H and O–H groups in total. The predicted molar refractivity (Wildman–Crippen MR) is 126 cm³/mol. The van der Waals surface area contributed by atoms with Gasteiger partial charge in [-0.15, -0.1) is 6.58 Å². The lowest BCUT2D eigenvalue weighted by molar-refractivity contribution is 0.103. The number of amidine groups is 1. The van der Waals surface area contributed by atoms with Gasteiger partial charge in [-0.25, -0.2) is 0 Å². The first-order valence-corrected chi connectivity index (χ1v) is 11.5. The van der Waals surface area contributed by atoms with Crippen LogP contribution in [-0.2, 0) is 5.54 Å². The van der Waals surface area contributed by atoms with Crippen molar-refractivity contribution >= 4 is 40.1 Å². The number of fused-ring (bicyclic) bond motifs is 2. The molecule has 1 spiro atoms. The van der Waals surface area contributed by atoms with Crippen molar-refractivity contribution in [2.45, 2.75) is 43.9 Å². The standard InChI is InChI=1S/C23H24Cl2N2O2S/c1-4-9-30-21-26-22(2,3)13-23(27-21)12-20(14-7-5-6-8-16(14)24)29-19-11-18(28)17(25)10-15(19)23/h4-8,10-11,20,28H,1,9,12-13H2,2-3H3,(H,26,27). The van der Waals surface area contributed by atoms with Crippen LogP contribution < -0.4 is 10.1 Å².